The summed E-state index contributed by atoms with van der Waals surface area (Å²) in [7, 11) is 0. The van der Waals surface area contributed by atoms with Gasteiger partial charge < -0.3 is 4.90 Å². The van der Waals surface area contributed by atoms with Crippen LogP contribution >= 0.6 is 0 Å². The molecule has 1 aromatic carbocycles. The van der Waals surface area contributed by atoms with Crippen LogP contribution in [-0.4, -0.2) is 41.5 Å². The first kappa shape index (κ1) is 16.9. The molecule has 2 aliphatic heterocycles. The van der Waals surface area contributed by atoms with Gasteiger partial charge in [-0.2, -0.15) is 0 Å². The summed E-state index contributed by atoms with van der Waals surface area (Å²) in [4.78, 5) is 52.5. The maximum absolute atomic E-state index is 12.7. The molecule has 26 heavy (non-hydrogen) atoms. The molecule has 6 heteroatoms. The minimum atomic E-state index is -0.554. The van der Waals surface area contributed by atoms with E-state index in [0.717, 1.165) is 37.0 Å². The van der Waals surface area contributed by atoms with Gasteiger partial charge in [-0.05, 0) is 31.4 Å². The van der Waals surface area contributed by atoms with Gasteiger partial charge in [-0.3, -0.25) is 24.1 Å². The fourth-order valence-corrected chi connectivity index (χ4v) is 4.47. The number of hydrogen-bond acceptors (Lipinski definition) is 4. The number of rotatable bonds is 4. The maximum Gasteiger partial charge on any atom is 0.236 e. The van der Waals surface area contributed by atoms with E-state index in [-0.39, 0.29) is 36.5 Å². The quantitative estimate of drug-likeness (QED) is 0.614. The lowest BCUT2D eigenvalue weighted by molar-refractivity contribution is -0.140. The minimum Gasteiger partial charge on any atom is -0.312 e. The number of hydrogen-bond donors (Lipinski definition) is 0. The predicted molar refractivity (Wildman–Crippen MR) is 94.6 cm³/mol. The summed E-state index contributed by atoms with van der Waals surface area (Å²) in [5.41, 5.74) is 0.570. The highest BCUT2D eigenvalue weighted by atomic mass is 16.2. The third kappa shape index (κ3) is 2.73. The van der Waals surface area contributed by atoms with Crippen LogP contribution in [0.25, 0.3) is 0 Å². The van der Waals surface area contributed by atoms with Crippen molar-refractivity contribution >= 4 is 29.2 Å². The summed E-state index contributed by atoms with van der Waals surface area (Å²) < 4.78 is 0. The number of ketones is 1. The number of Topliss-reactive ketones (excluding diaryl/α,β-unsaturated/α-hetero) is 1. The van der Waals surface area contributed by atoms with Gasteiger partial charge in [0.25, 0.3) is 0 Å². The minimum absolute atomic E-state index is 0.0580. The molecule has 3 amide bonds. The van der Waals surface area contributed by atoms with Crippen LogP contribution in [0.2, 0.25) is 0 Å². The molecule has 2 heterocycles. The first-order valence-corrected chi connectivity index (χ1v) is 9.29. The number of anilines is 1. The Balaban J connectivity index is 1.51. The molecular weight excluding hydrogens is 332 g/mol. The fourth-order valence-electron chi connectivity index (χ4n) is 4.47. The second-order valence-electron chi connectivity index (χ2n) is 7.57. The van der Waals surface area contributed by atoms with Crippen LogP contribution in [0.15, 0.2) is 24.3 Å². The van der Waals surface area contributed by atoms with Crippen LogP contribution in [-0.2, 0) is 14.4 Å². The summed E-state index contributed by atoms with van der Waals surface area (Å²) >= 11 is 0. The van der Waals surface area contributed by atoms with Crippen molar-refractivity contribution in [3.8, 4) is 0 Å². The van der Waals surface area contributed by atoms with E-state index in [0.29, 0.717) is 24.2 Å². The zero-order valence-electron chi connectivity index (χ0n) is 14.7. The van der Waals surface area contributed by atoms with Crippen molar-refractivity contribution in [3.05, 3.63) is 29.8 Å². The molecule has 1 saturated carbocycles. The second kappa shape index (κ2) is 6.34. The van der Waals surface area contributed by atoms with E-state index in [2.05, 4.69) is 0 Å². The van der Waals surface area contributed by atoms with Crippen LogP contribution in [0.1, 0.15) is 55.3 Å². The Hall–Kier alpha value is -2.50. The summed E-state index contributed by atoms with van der Waals surface area (Å²) in [5.74, 6) is -0.631. The number of nitrogens with zero attached hydrogens (tertiary/aromatic N) is 2. The van der Waals surface area contributed by atoms with Crippen LogP contribution in [0, 0.1) is 5.41 Å². The van der Waals surface area contributed by atoms with Crippen molar-refractivity contribution in [2.75, 3.05) is 18.0 Å². The highest BCUT2D eigenvalue weighted by Gasteiger charge is 2.52. The SMILES string of the molecule is O=C(CN1C(=O)CC2(CCCC2)C1=O)c1cccc(N2CCCC2=O)c1. The zero-order valence-corrected chi connectivity index (χ0v) is 14.7. The zero-order chi connectivity index (χ0) is 18.3. The van der Waals surface area contributed by atoms with Gasteiger partial charge in [-0.15, -0.1) is 0 Å². The molecule has 136 valence electrons. The molecule has 6 nitrogen and oxygen atoms in total. The number of carbonyl (C=O) groups is 4. The largest absolute Gasteiger partial charge is 0.312 e. The average molecular weight is 354 g/mol. The highest BCUT2D eigenvalue weighted by molar-refractivity contribution is 6.10. The first-order chi connectivity index (χ1) is 12.5. The molecule has 0 bridgehead atoms. The molecule has 1 aromatic rings. The highest BCUT2D eigenvalue weighted by Crippen LogP contribution is 2.46. The van der Waals surface area contributed by atoms with Crippen molar-refractivity contribution in [2.45, 2.75) is 44.9 Å². The van der Waals surface area contributed by atoms with Crippen molar-refractivity contribution in [2.24, 2.45) is 5.41 Å². The summed E-state index contributed by atoms with van der Waals surface area (Å²) in [6.45, 7) is 0.443. The lowest BCUT2D eigenvalue weighted by atomic mass is 9.84. The van der Waals surface area contributed by atoms with Gasteiger partial charge in [0.15, 0.2) is 5.78 Å². The standard InChI is InChI=1S/C20H22N2O4/c23-16(13-22-18(25)12-20(19(22)26)8-1-2-9-20)14-5-3-6-15(11-14)21-10-4-7-17(21)24/h3,5-6,11H,1-2,4,7-10,12-13H2. The van der Waals surface area contributed by atoms with Gasteiger partial charge in [0.2, 0.25) is 17.7 Å². The summed E-state index contributed by atoms with van der Waals surface area (Å²) in [5, 5.41) is 0. The van der Waals surface area contributed by atoms with Crippen LogP contribution in [0.3, 0.4) is 0 Å². The molecule has 0 N–H and O–H groups in total. The van der Waals surface area contributed by atoms with E-state index in [4.69, 9.17) is 0 Å². The number of amides is 3. The monoisotopic (exact) mass is 354 g/mol. The Bertz CT molecular complexity index is 795. The second-order valence-corrected chi connectivity index (χ2v) is 7.57. The number of carbonyl (C=O) groups excluding carboxylic acids is 4. The molecule has 1 aliphatic carbocycles. The molecule has 2 saturated heterocycles. The van der Waals surface area contributed by atoms with Crippen molar-refractivity contribution in [1.29, 1.82) is 0 Å². The van der Waals surface area contributed by atoms with Gasteiger partial charge >= 0.3 is 0 Å². The van der Waals surface area contributed by atoms with Gasteiger partial charge in [0.05, 0.1) is 12.0 Å². The van der Waals surface area contributed by atoms with Crippen molar-refractivity contribution in [3.63, 3.8) is 0 Å². The Morgan fingerprint density at radius 2 is 1.81 bits per heavy atom. The summed E-state index contributed by atoms with van der Waals surface area (Å²) in [6.07, 6.45) is 5.00. The molecule has 3 fully saturated rings. The van der Waals surface area contributed by atoms with Crippen LogP contribution in [0.4, 0.5) is 5.69 Å². The average Bonchev–Trinajstić information content (AvgIpc) is 3.33. The molecule has 1 spiro atoms. The molecule has 0 unspecified atom stereocenters. The van der Waals surface area contributed by atoms with E-state index in [1.807, 2.05) is 0 Å². The smallest absolute Gasteiger partial charge is 0.236 e. The van der Waals surface area contributed by atoms with Crippen molar-refractivity contribution < 1.29 is 19.2 Å². The van der Waals surface area contributed by atoms with E-state index < -0.39 is 5.41 Å². The maximum atomic E-state index is 12.7. The Morgan fingerprint density at radius 1 is 1.04 bits per heavy atom. The normalized spacial score (nSPS) is 22.1. The number of benzene rings is 1. The van der Waals surface area contributed by atoms with E-state index >= 15 is 0 Å². The molecular formula is C20H22N2O4. The topological polar surface area (TPSA) is 74.8 Å². The number of imide groups is 1. The van der Waals surface area contributed by atoms with Crippen LogP contribution < -0.4 is 4.90 Å². The predicted octanol–water partition coefficient (Wildman–Crippen LogP) is 2.32. The summed E-state index contributed by atoms with van der Waals surface area (Å²) in [6, 6.07) is 6.89. The van der Waals surface area contributed by atoms with Gasteiger partial charge in [-0.25, -0.2) is 0 Å². The lowest BCUT2D eigenvalue weighted by Crippen LogP contribution is -2.38. The molecule has 0 atom stereocenters. The molecule has 3 aliphatic rings. The number of likely N-dealkylation sites (tertiary alicyclic amines) is 1. The third-order valence-corrected chi connectivity index (χ3v) is 5.91. The third-order valence-electron chi connectivity index (χ3n) is 5.91. The van der Waals surface area contributed by atoms with E-state index in [1.54, 1.807) is 29.2 Å². The molecule has 0 aromatic heterocycles. The van der Waals surface area contributed by atoms with Crippen molar-refractivity contribution in [1.82, 2.24) is 4.90 Å². The van der Waals surface area contributed by atoms with E-state index in [9.17, 15) is 19.2 Å². The van der Waals surface area contributed by atoms with Gasteiger partial charge in [0.1, 0.15) is 0 Å². The molecule has 0 radical (unpaired) electrons. The first-order valence-electron chi connectivity index (χ1n) is 9.29. The lowest BCUT2D eigenvalue weighted by Gasteiger charge is -2.21. The Kier molecular flexibility index (Phi) is 4.13. The molecule has 4 rings (SSSR count). The fraction of sp³-hybridized carbons (Fsp3) is 0.500. The van der Waals surface area contributed by atoms with Crippen LogP contribution in [0.5, 0.6) is 0 Å². The van der Waals surface area contributed by atoms with Gasteiger partial charge in [-0.1, -0.05) is 25.0 Å². The van der Waals surface area contributed by atoms with Gasteiger partial charge in [0, 0.05) is 30.6 Å². The Labute approximate surface area is 152 Å². The Morgan fingerprint density at radius 3 is 2.50 bits per heavy atom. The van der Waals surface area contributed by atoms with E-state index in [1.165, 1.54) is 0 Å².